The van der Waals surface area contributed by atoms with Crippen molar-refractivity contribution in [2.45, 2.75) is 18.8 Å². The minimum Gasteiger partial charge on any atom is -0.392 e. The molecule has 1 aromatic carbocycles. The minimum atomic E-state index is -1.30. The number of nitrogens with zero attached hydrogens (tertiary/aromatic N) is 3. The average Bonchev–Trinajstić information content (AvgIpc) is 2.35. The third-order valence-corrected chi connectivity index (χ3v) is 2.28. The van der Waals surface area contributed by atoms with Crippen LogP contribution < -0.4 is 0 Å². The zero-order valence-electron chi connectivity index (χ0n) is 8.86. The second-order valence-corrected chi connectivity index (χ2v) is 3.43. The van der Waals surface area contributed by atoms with Gasteiger partial charge in [0.1, 0.15) is 11.9 Å². The molecule has 2 atom stereocenters. The molecule has 0 aliphatic heterocycles. The maximum absolute atomic E-state index is 13.1. The van der Waals surface area contributed by atoms with E-state index in [1.807, 2.05) is 0 Å². The molecule has 6 nitrogen and oxygen atoms in total. The smallest absolute Gasteiger partial charge is 0.128 e. The first-order chi connectivity index (χ1) is 8.10. The summed E-state index contributed by atoms with van der Waals surface area (Å²) in [7, 11) is 0. The van der Waals surface area contributed by atoms with Crippen molar-refractivity contribution in [2.75, 3.05) is 6.54 Å². The molecule has 0 radical (unpaired) electrons. The Morgan fingerprint density at radius 3 is 2.71 bits per heavy atom. The Hall–Kier alpha value is -1.66. The number of aliphatic hydroxyl groups excluding tert-OH is 3. The molecule has 0 spiro atoms. The van der Waals surface area contributed by atoms with Crippen molar-refractivity contribution in [3.63, 3.8) is 0 Å². The van der Waals surface area contributed by atoms with E-state index in [1.54, 1.807) is 0 Å². The average molecular weight is 241 g/mol. The Morgan fingerprint density at radius 1 is 1.41 bits per heavy atom. The zero-order chi connectivity index (χ0) is 12.8. The fraction of sp³-hybridized carbons (Fsp3) is 0.400. The van der Waals surface area contributed by atoms with Crippen LogP contribution in [-0.2, 0) is 6.61 Å². The predicted molar refractivity (Wildman–Crippen MR) is 57.3 cm³/mol. The summed E-state index contributed by atoms with van der Waals surface area (Å²) < 4.78 is 13.1. The van der Waals surface area contributed by atoms with Crippen LogP contribution in [0.3, 0.4) is 0 Å². The van der Waals surface area contributed by atoms with Gasteiger partial charge in [-0.1, -0.05) is 11.2 Å². The summed E-state index contributed by atoms with van der Waals surface area (Å²) in [5.41, 5.74) is 8.34. The fourth-order valence-electron chi connectivity index (χ4n) is 1.34. The summed E-state index contributed by atoms with van der Waals surface area (Å²) in [4.78, 5) is 2.45. The molecule has 0 heterocycles. The molecule has 1 rings (SSSR count). The van der Waals surface area contributed by atoms with Crippen molar-refractivity contribution in [3.05, 3.63) is 45.6 Å². The standard InChI is InChI=1S/C10H12FN3O3/c11-8-2-1-6(3-7(8)5-15)10(17)9(16)4-13-14-12/h1-3,9-10,15-17H,4-5H2. The topological polar surface area (TPSA) is 109 Å². The van der Waals surface area contributed by atoms with Crippen molar-refractivity contribution < 1.29 is 19.7 Å². The highest BCUT2D eigenvalue weighted by Crippen LogP contribution is 2.20. The molecule has 0 amide bonds. The number of aliphatic hydroxyl groups is 3. The quantitative estimate of drug-likeness (QED) is 0.406. The van der Waals surface area contributed by atoms with Crippen LogP contribution >= 0.6 is 0 Å². The SMILES string of the molecule is [N-]=[N+]=NCC(O)C(O)c1ccc(F)c(CO)c1. The minimum absolute atomic E-state index is 0.0255. The predicted octanol–water partition coefficient (Wildman–Crippen LogP) is 1.02. The first kappa shape index (κ1) is 13.4. The summed E-state index contributed by atoms with van der Waals surface area (Å²) in [6.07, 6.45) is -2.57. The van der Waals surface area contributed by atoms with Gasteiger partial charge in [0.05, 0.1) is 19.3 Å². The van der Waals surface area contributed by atoms with Gasteiger partial charge in [0.15, 0.2) is 0 Å². The number of hydrogen-bond donors (Lipinski definition) is 3. The second-order valence-electron chi connectivity index (χ2n) is 3.43. The summed E-state index contributed by atoms with van der Waals surface area (Å²) >= 11 is 0. The Bertz CT molecular complexity index is 435. The van der Waals surface area contributed by atoms with Gasteiger partial charge in [-0.2, -0.15) is 0 Å². The molecule has 17 heavy (non-hydrogen) atoms. The fourth-order valence-corrected chi connectivity index (χ4v) is 1.34. The van der Waals surface area contributed by atoms with Gasteiger partial charge in [-0.3, -0.25) is 0 Å². The normalized spacial score (nSPS) is 13.9. The highest BCUT2D eigenvalue weighted by Gasteiger charge is 2.18. The van der Waals surface area contributed by atoms with Crippen LogP contribution in [0.4, 0.5) is 4.39 Å². The largest absolute Gasteiger partial charge is 0.392 e. The van der Waals surface area contributed by atoms with E-state index in [9.17, 15) is 14.6 Å². The number of halogens is 1. The molecule has 0 aliphatic carbocycles. The van der Waals surface area contributed by atoms with E-state index in [0.717, 1.165) is 6.07 Å². The Labute approximate surface area is 96.6 Å². The van der Waals surface area contributed by atoms with E-state index in [0.29, 0.717) is 0 Å². The lowest BCUT2D eigenvalue weighted by molar-refractivity contribution is 0.0242. The number of rotatable bonds is 5. The monoisotopic (exact) mass is 241 g/mol. The molecule has 7 heteroatoms. The van der Waals surface area contributed by atoms with Gasteiger partial charge in [-0.25, -0.2) is 4.39 Å². The van der Waals surface area contributed by atoms with Gasteiger partial charge in [-0.05, 0) is 23.2 Å². The van der Waals surface area contributed by atoms with Crippen LogP contribution in [0.15, 0.2) is 23.3 Å². The Balaban J connectivity index is 2.88. The molecule has 3 N–H and O–H groups in total. The van der Waals surface area contributed by atoms with Crippen LogP contribution in [0.2, 0.25) is 0 Å². The third kappa shape index (κ3) is 3.40. The first-order valence-corrected chi connectivity index (χ1v) is 4.86. The van der Waals surface area contributed by atoms with E-state index in [-0.39, 0.29) is 17.7 Å². The summed E-state index contributed by atoms with van der Waals surface area (Å²) in [6.45, 7) is -0.789. The molecule has 2 unspecified atom stereocenters. The molecule has 0 saturated carbocycles. The molecule has 1 aromatic rings. The Morgan fingerprint density at radius 2 is 2.12 bits per heavy atom. The lowest BCUT2D eigenvalue weighted by Crippen LogP contribution is -2.21. The molecular formula is C10H12FN3O3. The van der Waals surface area contributed by atoms with E-state index in [1.165, 1.54) is 12.1 Å². The maximum atomic E-state index is 13.1. The van der Waals surface area contributed by atoms with Gasteiger partial charge < -0.3 is 15.3 Å². The van der Waals surface area contributed by atoms with E-state index in [2.05, 4.69) is 10.0 Å². The molecule has 0 aliphatic rings. The van der Waals surface area contributed by atoms with Crippen molar-refractivity contribution >= 4 is 0 Å². The zero-order valence-corrected chi connectivity index (χ0v) is 8.86. The number of benzene rings is 1. The van der Waals surface area contributed by atoms with Gasteiger partial charge >= 0.3 is 0 Å². The number of hydrogen-bond acceptors (Lipinski definition) is 4. The summed E-state index contributed by atoms with van der Waals surface area (Å²) in [5.74, 6) is -0.590. The molecule has 0 fully saturated rings. The van der Waals surface area contributed by atoms with Gasteiger partial charge in [0, 0.05) is 10.5 Å². The van der Waals surface area contributed by atoms with Crippen molar-refractivity contribution in [3.8, 4) is 0 Å². The lowest BCUT2D eigenvalue weighted by Gasteiger charge is -2.17. The van der Waals surface area contributed by atoms with Crippen molar-refractivity contribution in [1.29, 1.82) is 0 Å². The molecule has 92 valence electrons. The lowest BCUT2D eigenvalue weighted by atomic mass is 10.0. The van der Waals surface area contributed by atoms with Crippen molar-refractivity contribution in [2.24, 2.45) is 5.11 Å². The van der Waals surface area contributed by atoms with Crippen LogP contribution in [0.1, 0.15) is 17.2 Å². The first-order valence-electron chi connectivity index (χ1n) is 4.86. The molecule has 0 bridgehead atoms. The molecule has 0 saturated heterocycles. The number of azide groups is 1. The van der Waals surface area contributed by atoms with Crippen LogP contribution in [0, 0.1) is 5.82 Å². The molecular weight excluding hydrogens is 229 g/mol. The highest BCUT2D eigenvalue weighted by molar-refractivity contribution is 5.26. The van der Waals surface area contributed by atoms with Crippen LogP contribution in [0.25, 0.3) is 10.4 Å². The van der Waals surface area contributed by atoms with Crippen LogP contribution in [0.5, 0.6) is 0 Å². The highest BCUT2D eigenvalue weighted by atomic mass is 19.1. The van der Waals surface area contributed by atoms with Gasteiger partial charge in [-0.15, -0.1) is 0 Å². The van der Waals surface area contributed by atoms with E-state index < -0.39 is 24.6 Å². The second kappa shape index (κ2) is 6.17. The van der Waals surface area contributed by atoms with E-state index >= 15 is 0 Å². The maximum Gasteiger partial charge on any atom is 0.128 e. The van der Waals surface area contributed by atoms with E-state index in [4.69, 9.17) is 10.6 Å². The third-order valence-electron chi connectivity index (χ3n) is 2.28. The summed E-state index contributed by atoms with van der Waals surface area (Å²) in [6, 6.07) is 3.63. The van der Waals surface area contributed by atoms with Crippen molar-refractivity contribution in [1.82, 2.24) is 0 Å². The van der Waals surface area contributed by atoms with Gasteiger partial charge in [0.25, 0.3) is 0 Å². The Kier molecular flexibility index (Phi) is 4.86. The van der Waals surface area contributed by atoms with Gasteiger partial charge in [0.2, 0.25) is 0 Å². The summed E-state index contributed by atoms with van der Waals surface area (Å²) in [5, 5.41) is 31.1. The van der Waals surface area contributed by atoms with Crippen LogP contribution in [-0.4, -0.2) is 28.0 Å². The molecule has 0 aromatic heterocycles.